The first-order chi connectivity index (χ1) is 9.31. The summed E-state index contributed by atoms with van der Waals surface area (Å²) < 4.78 is 40.1. The van der Waals surface area contributed by atoms with Crippen molar-refractivity contribution in [1.29, 1.82) is 0 Å². The summed E-state index contributed by atoms with van der Waals surface area (Å²) in [6.07, 6.45) is 0. The van der Waals surface area contributed by atoms with Gasteiger partial charge >= 0.3 is 0 Å². The van der Waals surface area contributed by atoms with E-state index in [9.17, 15) is 12.8 Å². The summed E-state index contributed by atoms with van der Waals surface area (Å²) in [4.78, 5) is -0.332. The zero-order valence-electron chi connectivity index (χ0n) is 10.5. The molecule has 0 radical (unpaired) electrons. The normalized spacial score (nSPS) is 11.3. The van der Waals surface area contributed by atoms with E-state index in [4.69, 9.17) is 17.3 Å². The highest BCUT2D eigenvalue weighted by molar-refractivity contribution is 7.92. The van der Waals surface area contributed by atoms with Crippen LogP contribution in [0.2, 0.25) is 5.02 Å². The summed E-state index contributed by atoms with van der Waals surface area (Å²) in [6.45, 7) is 1.71. The number of hydrogen-bond acceptors (Lipinski definition) is 3. The fourth-order valence-corrected chi connectivity index (χ4v) is 3.37. The van der Waals surface area contributed by atoms with Crippen molar-refractivity contribution in [1.82, 2.24) is 0 Å². The second kappa shape index (κ2) is 5.30. The van der Waals surface area contributed by atoms with E-state index < -0.39 is 15.8 Å². The maximum absolute atomic E-state index is 13.2. The van der Waals surface area contributed by atoms with Crippen LogP contribution in [0.3, 0.4) is 0 Å². The van der Waals surface area contributed by atoms with Crippen molar-refractivity contribution < 1.29 is 12.8 Å². The van der Waals surface area contributed by atoms with Gasteiger partial charge in [-0.1, -0.05) is 23.7 Å². The van der Waals surface area contributed by atoms with Crippen molar-refractivity contribution in [3.05, 3.63) is 52.8 Å². The fraction of sp³-hybridized carbons (Fsp3) is 0.0769. The van der Waals surface area contributed by atoms with Gasteiger partial charge < -0.3 is 5.73 Å². The predicted molar refractivity (Wildman–Crippen MR) is 77.8 cm³/mol. The molecule has 0 atom stereocenters. The van der Waals surface area contributed by atoms with Gasteiger partial charge in [-0.25, -0.2) is 12.8 Å². The number of aryl methyl sites for hydroxylation is 1. The molecule has 20 heavy (non-hydrogen) atoms. The SMILES string of the molecule is Cc1cccc(N)c1NS(=O)(=O)c1cc(F)ccc1Cl. The number of hydrogen-bond donors (Lipinski definition) is 2. The number of anilines is 2. The van der Waals surface area contributed by atoms with Crippen LogP contribution in [0.1, 0.15) is 5.56 Å². The molecule has 0 spiro atoms. The number of nitrogens with two attached hydrogens (primary N) is 1. The molecule has 2 aromatic rings. The van der Waals surface area contributed by atoms with Gasteiger partial charge in [0.1, 0.15) is 10.7 Å². The van der Waals surface area contributed by atoms with Gasteiger partial charge in [0.15, 0.2) is 0 Å². The highest BCUT2D eigenvalue weighted by Crippen LogP contribution is 2.28. The maximum Gasteiger partial charge on any atom is 0.263 e. The third kappa shape index (κ3) is 2.86. The molecule has 7 heteroatoms. The van der Waals surface area contributed by atoms with E-state index in [2.05, 4.69) is 4.72 Å². The summed E-state index contributed by atoms with van der Waals surface area (Å²) in [5.41, 5.74) is 6.93. The number of nitrogens with one attached hydrogen (secondary N) is 1. The third-order valence-corrected chi connectivity index (χ3v) is 4.56. The maximum atomic E-state index is 13.2. The molecule has 3 N–H and O–H groups in total. The van der Waals surface area contributed by atoms with Crippen molar-refractivity contribution in [2.45, 2.75) is 11.8 Å². The van der Waals surface area contributed by atoms with Crippen LogP contribution in [0.4, 0.5) is 15.8 Å². The van der Waals surface area contributed by atoms with E-state index in [-0.39, 0.29) is 21.3 Å². The Hall–Kier alpha value is -1.79. The van der Waals surface area contributed by atoms with Crippen LogP contribution in [0.25, 0.3) is 0 Å². The predicted octanol–water partition coefficient (Wildman–Crippen LogP) is 3.17. The van der Waals surface area contributed by atoms with Crippen molar-refractivity contribution in [2.75, 3.05) is 10.5 Å². The van der Waals surface area contributed by atoms with Crippen molar-refractivity contribution in [2.24, 2.45) is 0 Å². The van der Waals surface area contributed by atoms with Crippen LogP contribution in [-0.4, -0.2) is 8.42 Å². The largest absolute Gasteiger partial charge is 0.397 e. The number of halogens is 2. The van der Waals surface area contributed by atoms with Crippen molar-refractivity contribution in [3.63, 3.8) is 0 Å². The summed E-state index contributed by atoms with van der Waals surface area (Å²) in [5, 5.41) is -0.0638. The van der Waals surface area contributed by atoms with Crippen LogP contribution < -0.4 is 10.5 Å². The van der Waals surface area contributed by atoms with E-state index in [1.807, 2.05) is 0 Å². The molecular formula is C13H12ClFN2O2S. The van der Waals surface area contributed by atoms with E-state index in [1.54, 1.807) is 25.1 Å². The monoisotopic (exact) mass is 314 g/mol. The molecule has 0 amide bonds. The molecule has 0 saturated carbocycles. The number of rotatable bonds is 3. The lowest BCUT2D eigenvalue weighted by atomic mass is 10.2. The molecular weight excluding hydrogens is 303 g/mol. The van der Waals surface area contributed by atoms with Gasteiger partial charge in [-0.3, -0.25) is 4.72 Å². The zero-order chi connectivity index (χ0) is 14.9. The number of para-hydroxylation sites is 1. The fourth-order valence-electron chi connectivity index (χ4n) is 1.70. The smallest absolute Gasteiger partial charge is 0.263 e. The van der Waals surface area contributed by atoms with Gasteiger partial charge in [0, 0.05) is 0 Å². The Bertz CT molecular complexity index is 743. The van der Waals surface area contributed by atoms with Crippen LogP contribution in [-0.2, 0) is 10.0 Å². The van der Waals surface area contributed by atoms with E-state index in [0.29, 0.717) is 5.56 Å². The van der Waals surface area contributed by atoms with Gasteiger partial charge in [0.2, 0.25) is 0 Å². The first kappa shape index (κ1) is 14.6. The molecule has 4 nitrogen and oxygen atoms in total. The molecule has 2 rings (SSSR count). The van der Waals surface area contributed by atoms with E-state index >= 15 is 0 Å². The second-order valence-corrected chi connectivity index (χ2v) is 6.28. The van der Waals surface area contributed by atoms with Crippen molar-refractivity contribution in [3.8, 4) is 0 Å². The van der Waals surface area contributed by atoms with Gasteiger partial charge in [-0.05, 0) is 36.8 Å². The lowest BCUT2D eigenvalue weighted by Crippen LogP contribution is -2.15. The van der Waals surface area contributed by atoms with Crippen LogP contribution in [0.15, 0.2) is 41.3 Å². The minimum absolute atomic E-state index is 0.0638. The highest BCUT2D eigenvalue weighted by atomic mass is 35.5. The summed E-state index contributed by atoms with van der Waals surface area (Å²) in [6, 6.07) is 8.12. The number of benzene rings is 2. The molecule has 0 fully saturated rings. The van der Waals surface area contributed by atoms with Crippen LogP contribution >= 0.6 is 11.6 Å². The lowest BCUT2D eigenvalue weighted by molar-refractivity contribution is 0.595. The van der Waals surface area contributed by atoms with Gasteiger partial charge in [-0.15, -0.1) is 0 Å². The average Bonchev–Trinajstić information content (AvgIpc) is 2.37. The number of sulfonamides is 1. The Morgan fingerprint density at radius 1 is 1.25 bits per heavy atom. The zero-order valence-corrected chi connectivity index (χ0v) is 12.1. The molecule has 106 valence electrons. The molecule has 2 aromatic carbocycles. The Morgan fingerprint density at radius 2 is 1.95 bits per heavy atom. The molecule has 0 bridgehead atoms. The van der Waals surface area contributed by atoms with Crippen LogP contribution in [0, 0.1) is 12.7 Å². The van der Waals surface area contributed by atoms with Gasteiger partial charge in [0.25, 0.3) is 10.0 Å². The Labute approximate surface area is 121 Å². The molecule has 0 heterocycles. The topological polar surface area (TPSA) is 72.2 Å². The Morgan fingerprint density at radius 3 is 2.60 bits per heavy atom. The first-order valence-electron chi connectivity index (χ1n) is 5.64. The minimum atomic E-state index is -4.01. The number of nitrogen functional groups attached to an aromatic ring is 1. The first-order valence-corrected chi connectivity index (χ1v) is 7.50. The standard InChI is InChI=1S/C13H12ClFN2O2S/c1-8-3-2-4-11(16)13(8)17-20(18,19)12-7-9(15)5-6-10(12)14/h2-7,17H,16H2,1H3. The quantitative estimate of drug-likeness (QED) is 0.855. The van der Waals surface area contributed by atoms with E-state index in [1.165, 1.54) is 6.07 Å². The van der Waals surface area contributed by atoms with E-state index in [0.717, 1.165) is 12.1 Å². The molecule has 0 unspecified atom stereocenters. The summed E-state index contributed by atoms with van der Waals surface area (Å²) in [5.74, 6) is -0.687. The molecule has 0 aliphatic heterocycles. The highest BCUT2D eigenvalue weighted by Gasteiger charge is 2.20. The Kier molecular flexibility index (Phi) is 3.87. The summed E-state index contributed by atoms with van der Waals surface area (Å²) >= 11 is 5.81. The Balaban J connectivity index is 2.49. The summed E-state index contributed by atoms with van der Waals surface area (Å²) in [7, 11) is -4.01. The third-order valence-electron chi connectivity index (χ3n) is 2.72. The van der Waals surface area contributed by atoms with Gasteiger partial charge in [-0.2, -0.15) is 0 Å². The average molecular weight is 315 g/mol. The molecule has 0 aromatic heterocycles. The lowest BCUT2D eigenvalue weighted by Gasteiger charge is -2.13. The second-order valence-electron chi connectivity index (χ2n) is 4.22. The minimum Gasteiger partial charge on any atom is -0.397 e. The van der Waals surface area contributed by atoms with Crippen LogP contribution in [0.5, 0.6) is 0 Å². The molecule has 0 aliphatic rings. The van der Waals surface area contributed by atoms with Gasteiger partial charge in [0.05, 0.1) is 16.4 Å². The van der Waals surface area contributed by atoms with Crippen molar-refractivity contribution >= 4 is 33.0 Å². The molecule has 0 saturated heterocycles. The molecule has 0 aliphatic carbocycles.